The largest absolute Gasteiger partial charge is 0.449 e. The summed E-state index contributed by atoms with van der Waals surface area (Å²) in [7, 11) is 0. The van der Waals surface area contributed by atoms with Crippen molar-refractivity contribution in [2.24, 2.45) is 0 Å². The van der Waals surface area contributed by atoms with Crippen LogP contribution in [0, 0.1) is 108 Å². The summed E-state index contributed by atoms with van der Waals surface area (Å²) in [6, 6.07) is 17.2. The normalized spacial score (nSPS) is 22.6. The van der Waals surface area contributed by atoms with E-state index >= 15 is 0 Å². The Balaban J connectivity index is 0. The summed E-state index contributed by atoms with van der Waals surface area (Å²) >= 11 is 17.1. The summed E-state index contributed by atoms with van der Waals surface area (Å²) < 4.78 is 20.0. The number of rotatable bonds is 7. The van der Waals surface area contributed by atoms with Gasteiger partial charge in [-0.25, -0.2) is 4.79 Å². The second-order valence-corrected chi connectivity index (χ2v) is 9.44. The van der Waals surface area contributed by atoms with Crippen LogP contribution in [0.5, 0.6) is 0 Å². The standard InChI is InChI=1S/C22H22Cl3NO7.2CH3.2Ac/c23-22(24,25)21(26)33-20-18(32-19(29)14-9-5-2-6-10-14)16(28)17(15(11-27)31-20)30-12-13-7-3-1-4-8-13;;;;/h1-10,15-18,20,26-28H,11-12H2;2*1H3;;/q;2*-1;;/t15?,16-,17-,18?,20-;;;;/m0..../s1. The van der Waals surface area contributed by atoms with E-state index in [0.717, 1.165) is 5.56 Å². The summed E-state index contributed by atoms with van der Waals surface area (Å²) in [6.07, 6.45) is -6.69. The van der Waals surface area contributed by atoms with Crippen molar-refractivity contribution in [3.63, 3.8) is 0 Å². The van der Waals surface area contributed by atoms with Gasteiger partial charge in [0.1, 0.15) is 18.3 Å². The van der Waals surface area contributed by atoms with Gasteiger partial charge in [0.25, 0.3) is 3.79 Å². The summed E-state index contributed by atoms with van der Waals surface area (Å²) in [6.45, 7) is -0.464. The SMILES string of the molecule is N=C(O[C@@H]1OC(CO)[C@H](OCc2ccccc2)[C@H](O)C1OC(=O)c1ccccc1)C(Cl)(Cl)Cl.[Ac].[Ac].[CH3-].[CH3-]. The third kappa shape index (κ3) is 11.8. The smallest absolute Gasteiger partial charge is 0.338 e. The van der Waals surface area contributed by atoms with Gasteiger partial charge in [0.15, 0.2) is 6.10 Å². The molecule has 2 unspecified atom stereocenters. The monoisotopic (exact) mass is 1000 g/mol. The summed E-state index contributed by atoms with van der Waals surface area (Å²) in [5.41, 5.74) is 1.03. The van der Waals surface area contributed by atoms with Gasteiger partial charge in [-0.05, 0) is 17.7 Å². The van der Waals surface area contributed by atoms with Crippen LogP contribution in [0.3, 0.4) is 0 Å². The molecule has 1 aliphatic rings. The number of hydrogen-bond donors (Lipinski definition) is 3. The number of alkyl halides is 3. The molecule has 1 fully saturated rings. The third-order valence-corrected chi connectivity index (χ3v) is 5.34. The zero-order chi connectivity index (χ0) is 24.0. The fourth-order valence-corrected chi connectivity index (χ4v) is 3.32. The Bertz CT molecular complexity index is 939. The van der Waals surface area contributed by atoms with Gasteiger partial charge in [-0.15, -0.1) is 0 Å². The molecule has 2 aromatic rings. The first kappa shape index (κ1) is 40.1. The van der Waals surface area contributed by atoms with Crippen LogP contribution in [0.15, 0.2) is 60.7 Å². The van der Waals surface area contributed by atoms with E-state index < -0.39 is 53.0 Å². The number of hydrogen-bond acceptors (Lipinski definition) is 8. The van der Waals surface area contributed by atoms with Crippen LogP contribution >= 0.6 is 34.8 Å². The van der Waals surface area contributed by atoms with E-state index in [1.807, 2.05) is 30.3 Å². The van der Waals surface area contributed by atoms with E-state index in [-0.39, 0.29) is 115 Å². The van der Waals surface area contributed by atoms with Crippen LogP contribution in [0.25, 0.3) is 0 Å². The van der Waals surface area contributed by atoms with Crippen LogP contribution in [0.2, 0.25) is 0 Å². The van der Waals surface area contributed by atoms with Crippen LogP contribution < -0.4 is 0 Å². The van der Waals surface area contributed by atoms with Crippen molar-refractivity contribution >= 4 is 46.7 Å². The van der Waals surface area contributed by atoms with E-state index in [0.29, 0.717) is 0 Å². The van der Waals surface area contributed by atoms with E-state index in [1.54, 1.807) is 18.2 Å². The number of nitrogens with one attached hydrogen (secondary N) is 1. The molecule has 2 radical (unpaired) electrons. The zero-order valence-corrected chi connectivity index (χ0v) is 32.1. The van der Waals surface area contributed by atoms with Gasteiger partial charge in [-0.1, -0.05) is 83.3 Å². The Morgan fingerprint density at radius 1 is 0.946 bits per heavy atom. The molecule has 0 bridgehead atoms. The molecule has 0 aliphatic carbocycles. The van der Waals surface area contributed by atoms with Crippen LogP contribution in [0.1, 0.15) is 15.9 Å². The Hall–Kier alpha value is 0.973. The van der Waals surface area contributed by atoms with Gasteiger partial charge in [0.05, 0.1) is 18.8 Å². The molecule has 3 rings (SSSR count). The Morgan fingerprint density at radius 3 is 2.00 bits per heavy atom. The minimum Gasteiger partial charge on any atom is -0.449 e. The molecule has 0 amide bonds. The topological polar surface area (TPSA) is 118 Å². The number of esters is 1. The van der Waals surface area contributed by atoms with Gasteiger partial charge in [-0.2, -0.15) is 0 Å². The van der Waals surface area contributed by atoms with Crippen molar-refractivity contribution in [2.75, 3.05) is 6.61 Å². The van der Waals surface area contributed by atoms with Crippen molar-refractivity contribution in [1.29, 1.82) is 5.41 Å². The molecule has 3 N–H and O–H groups in total. The predicted molar refractivity (Wildman–Crippen MR) is 134 cm³/mol. The van der Waals surface area contributed by atoms with Crippen LogP contribution in [0.4, 0.5) is 0 Å². The number of ether oxygens (including phenoxy) is 4. The quantitative estimate of drug-likeness (QED) is 0.126. The molecule has 200 valence electrons. The molecule has 5 atom stereocenters. The van der Waals surface area contributed by atoms with Gasteiger partial charge < -0.3 is 44.0 Å². The van der Waals surface area contributed by atoms with E-state index in [2.05, 4.69) is 0 Å². The molecule has 37 heavy (non-hydrogen) atoms. The number of aliphatic hydroxyl groups is 2. The van der Waals surface area contributed by atoms with E-state index in [9.17, 15) is 15.0 Å². The molecule has 0 spiro atoms. The van der Waals surface area contributed by atoms with Crippen molar-refractivity contribution in [1.82, 2.24) is 0 Å². The van der Waals surface area contributed by atoms with Crippen LogP contribution in [-0.2, 0) is 25.6 Å². The van der Waals surface area contributed by atoms with Crippen molar-refractivity contribution in [3.8, 4) is 0 Å². The molecule has 0 saturated carbocycles. The Morgan fingerprint density at radius 2 is 1.49 bits per heavy atom. The maximum Gasteiger partial charge on any atom is 0.338 e. The fraction of sp³-hybridized carbons (Fsp3) is 0.333. The molecule has 8 nitrogen and oxygen atoms in total. The molecule has 1 aliphatic heterocycles. The Kier molecular flexibility index (Phi) is 20.8. The number of benzene rings is 2. The Labute approximate surface area is 304 Å². The maximum atomic E-state index is 12.7. The van der Waals surface area contributed by atoms with Crippen LogP contribution in [-0.4, -0.2) is 63.2 Å². The molecular formula is C24H28Ac2Cl3NO7-2. The molecule has 1 heterocycles. The minimum absolute atomic E-state index is 0. The number of carbonyl (C=O) groups is 1. The average molecular weight is 1000 g/mol. The first-order valence-electron chi connectivity index (χ1n) is 9.89. The molecule has 1 saturated heterocycles. The van der Waals surface area contributed by atoms with Gasteiger partial charge in [0, 0.05) is 88.1 Å². The molecular weight excluding hydrogens is 975 g/mol. The third-order valence-electron chi connectivity index (χ3n) is 4.83. The number of halogens is 3. The van der Waals surface area contributed by atoms with Crippen molar-refractivity contribution in [3.05, 3.63) is 86.6 Å². The second kappa shape index (κ2) is 19.2. The van der Waals surface area contributed by atoms with E-state index in [1.165, 1.54) is 12.1 Å². The van der Waals surface area contributed by atoms with Gasteiger partial charge >= 0.3 is 5.97 Å². The molecule has 13 heteroatoms. The predicted octanol–water partition coefficient (Wildman–Crippen LogP) is 4.14. The fourth-order valence-electron chi connectivity index (χ4n) is 3.18. The first-order chi connectivity index (χ1) is 15.7. The first-order valence-corrected chi connectivity index (χ1v) is 11.0. The van der Waals surface area contributed by atoms with Crippen molar-refractivity contribution in [2.45, 2.75) is 41.1 Å². The minimum atomic E-state index is -2.22. The summed E-state index contributed by atoms with van der Waals surface area (Å²) in [5.74, 6) is -1.59. The van der Waals surface area contributed by atoms with Crippen molar-refractivity contribution < 1.29 is 122 Å². The molecule has 2 aromatic carbocycles. The molecule has 0 aromatic heterocycles. The summed E-state index contributed by atoms with van der Waals surface area (Å²) in [5, 5.41) is 28.7. The van der Waals surface area contributed by atoms with E-state index in [4.69, 9.17) is 59.2 Å². The number of carbonyl (C=O) groups excluding carboxylic acids is 1. The van der Waals surface area contributed by atoms with Gasteiger partial charge in [0.2, 0.25) is 12.2 Å². The van der Waals surface area contributed by atoms with Gasteiger partial charge in [-0.3, -0.25) is 5.41 Å². The second-order valence-electron chi connectivity index (χ2n) is 7.16. The maximum absolute atomic E-state index is 12.7. The number of aliphatic hydroxyl groups excluding tert-OH is 2. The summed E-state index contributed by atoms with van der Waals surface area (Å²) in [4.78, 5) is 12.7. The average Bonchev–Trinajstić information content (AvgIpc) is 2.81. The zero-order valence-electron chi connectivity index (χ0n) is 20.3.